The van der Waals surface area contributed by atoms with Gasteiger partial charge in [0.25, 0.3) is 0 Å². The zero-order valence-corrected chi connectivity index (χ0v) is 13.3. The number of rotatable bonds is 4. The summed E-state index contributed by atoms with van der Waals surface area (Å²) in [5, 5.41) is 0. The molecule has 0 aliphatic heterocycles. The van der Waals surface area contributed by atoms with Crippen LogP contribution in [0.4, 0.5) is 17.3 Å². The van der Waals surface area contributed by atoms with Crippen LogP contribution >= 0.6 is 0 Å². The van der Waals surface area contributed by atoms with E-state index in [9.17, 15) is 0 Å². The van der Waals surface area contributed by atoms with E-state index in [0.29, 0.717) is 5.82 Å². The summed E-state index contributed by atoms with van der Waals surface area (Å²) in [4.78, 5) is 11.2. The molecule has 1 aromatic carbocycles. The monoisotopic (exact) mass is 285 g/mol. The Morgan fingerprint density at radius 2 is 1.90 bits per heavy atom. The summed E-state index contributed by atoms with van der Waals surface area (Å²) in [5.74, 6) is 8.15. The Bertz CT molecular complexity index is 637. The lowest BCUT2D eigenvalue weighted by atomic mass is 10.1. The van der Waals surface area contributed by atoms with E-state index in [1.54, 1.807) is 0 Å². The standard InChI is InChI=1S/C16H23N5/c1-10(2)14-18-15(20-17)12(4)16(19-14)21(5)13-8-6-7-11(3)9-13/h6-10H,17H2,1-5H3,(H,18,19,20). The first-order chi connectivity index (χ1) is 9.93. The molecule has 0 amide bonds. The SMILES string of the molecule is Cc1cccc(N(C)c2nc(C(C)C)nc(NN)c2C)c1. The van der Waals surface area contributed by atoms with E-state index in [1.807, 2.05) is 20.0 Å². The van der Waals surface area contributed by atoms with Crippen molar-refractivity contribution in [3.05, 3.63) is 41.2 Å². The lowest BCUT2D eigenvalue weighted by Crippen LogP contribution is -2.19. The minimum atomic E-state index is 0.238. The number of aromatic nitrogens is 2. The van der Waals surface area contributed by atoms with Gasteiger partial charge in [0.1, 0.15) is 17.5 Å². The average Bonchev–Trinajstić information content (AvgIpc) is 2.46. The number of nitrogens with zero attached hydrogens (tertiary/aromatic N) is 3. The highest BCUT2D eigenvalue weighted by Gasteiger charge is 2.16. The molecule has 0 saturated carbocycles. The van der Waals surface area contributed by atoms with Gasteiger partial charge in [0.15, 0.2) is 0 Å². The molecule has 5 nitrogen and oxygen atoms in total. The topological polar surface area (TPSA) is 67.1 Å². The smallest absolute Gasteiger partial charge is 0.148 e. The van der Waals surface area contributed by atoms with Crippen molar-refractivity contribution >= 4 is 17.3 Å². The van der Waals surface area contributed by atoms with Crippen LogP contribution in [0.2, 0.25) is 0 Å². The normalized spacial score (nSPS) is 10.8. The molecule has 112 valence electrons. The van der Waals surface area contributed by atoms with Crippen LogP contribution in [-0.2, 0) is 0 Å². The van der Waals surface area contributed by atoms with Gasteiger partial charge < -0.3 is 10.3 Å². The molecule has 0 radical (unpaired) electrons. The molecular formula is C16H23N5. The molecule has 2 rings (SSSR count). The molecule has 0 unspecified atom stereocenters. The maximum Gasteiger partial charge on any atom is 0.148 e. The van der Waals surface area contributed by atoms with Crippen LogP contribution in [0.25, 0.3) is 0 Å². The number of hydrogen-bond donors (Lipinski definition) is 2. The van der Waals surface area contributed by atoms with Gasteiger partial charge in [-0.05, 0) is 31.5 Å². The Morgan fingerprint density at radius 1 is 1.19 bits per heavy atom. The minimum absolute atomic E-state index is 0.238. The second-order valence-electron chi connectivity index (χ2n) is 5.58. The number of hydrazine groups is 1. The lowest BCUT2D eigenvalue weighted by molar-refractivity contribution is 0.770. The van der Waals surface area contributed by atoms with Gasteiger partial charge in [0, 0.05) is 24.2 Å². The summed E-state index contributed by atoms with van der Waals surface area (Å²) < 4.78 is 0. The predicted molar refractivity (Wildman–Crippen MR) is 87.9 cm³/mol. The van der Waals surface area contributed by atoms with E-state index in [4.69, 9.17) is 10.8 Å². The maximum atomic E-state index is 5.59. The van der Waals surface area contributed by atoms with E-state index in [2.05, 4.69) is 54.3 Å². The Balaban J connectivity index is 2.53. The van der Waals surface area contributed by atoms with E-state index in [-0.39, 0.29) is 5.92 Å². The van der Waals surface area contributed by atoms with Gasteiger partial charge in [-0.15, -0.1) is 0 Å². The van der Waals surface area contributed by atoms with Crippen LogP contribution in [-0.4, -0.2) is 17.0 Å². The molecule has 3 N–H and O–H groups in total. The summed E-state index contributed by atoms with van der Waals surface area (Å²) in [5.41, 5.74) is 5.91. The van der Waals surface area contributed by atoms with Crippen LogP contribution in [0, 0.1) is 13.8 Å². The Labute approximate surface area is 126 Å². The van der Waals surface area contributed by atoms with Crippen LogP contribution in [0.3, 0.4) is 0 Å². The molecule has 0 fully saturated rings. The molecular weight excluding hydrogens is 262 g/mol. The van der Waals surface area contributed by atoms with E-state index in [0.717, 1.165) is 22.9 Å². The van der Waals surface area contributed by atoms with Gasteiger partial charge >= 0.3 is 0 Å². The van der Waals surface area contributed by atoms with Crippen molar-refractivity contribution in [2.24, 2.45) is 5.84 Å². The van der Waals surface area contributed by atoms with Gasteiger partial charge in [-0.3, -0.25) is 0 Å². The first-order valence-electron chi connectivity index (χ1n) is 7.09. The molecule has 1 aromatic heterocycles. The van der Waals surface area contributed by atoms with Crippen molar-refractivity contribution in [2.75, 3.05) is 17.4 Å². The third kappa shape index (κ3) is 3.13. The maximum absolute atomic E-state index is 5.59. The zero-order chi connectivity index (χ0) is 15.6. The molecule has 5 heteroatoms. The van der Waals surface area contributed by atoms with Gasteiger partial charge in [0.05, 0.1) is 0 Å². The Kier molecular flexibility index (Phi) is 4.43. The summed E-state index contributed by atoms with van der Waals surface area (Å²) in [6.07, 6.45) is 0. The van der Waals surface area contributed by atoms with E-state index >= 15 is 0 Å². The minimum Gasteiger partial charge on any atom is -0.329 e. The highest BCUT2D eigenvalue weighted by Crippen LogP contribution is 2.29. The second-order valence-corrected chi connectivity index (χ2v) is 5.58. The number of nitrogens with two attached hydrogens (primary N) is 1. The van der Waals surface area contributed by atoms with Crippen LogP contribution in [0.1, 0.15) is 36.7 Å². The Morgan fingerprint density at radius 3 is 2.48 bits per heavy atom. The fourth-order valence-corrected chi connectivity index (χ4v) is 2.21. The van der Waals surface area contributed by atoms with Crippen LogP contribution < -0.4 is 16.2 Å². The molecule has 0 saturated heterocycles. The summed E-state index contributed by atoms with van der Waals surface area (Å²) in [7, 11) is 2.01. The molecule has 0 atom stereocenters. The highest BCUT2D eigenvalue weighted by molar-refractivity contribution is 5.67. The second kappa shape index (κ2) is 6.10. The van der Waals surface area contributed by atoms with Crippen LogP contribution in [0.15, 0.2) is 24.3 Å². The molecule has 1 heterocycles. The number of aryl methyl sites for hydroxylation is 1. The first kappa shape index (κ1) is 15.3. The fourth-order valence-electron chi connectivity index (χ4n) is 2.21. The lowest BCUT2D eigenvalue weighted by Gasteiger charge is -2.23. The quantitative estimate of drug-likeness (QED) is 0.666. The summed E-state index contributed by atoms with van der Waals surface area (Å²) in [6, 6.07) is 8.32. The fraction of sp³-hybridized carbons (Fsp3) is 0.375. The van der Waals surface area contributed by atoms with Crippen molar-refractivity contribution in [3.63, 3.8) is 0 Å². The van der Waals surface area contributed by atoms with Crippen molar-refractivity contribution < 1.29 is 0 Å². The molecule has 2 aromatic rings. The van der Waals surface area contributed by atoms with Crippen molar-refractivity contribution in [1.29, 1.82) is 0 Å². The van der Waals surface area contributed by atoms with E-state index in [1.165, 1.54) is 5.56 Å². The van der Waals surface area contributed by atoms with Crippen molar-refractivity contribution in [3.8, 4) is 0 Å². The van der Waals surface area contributed by atoms with Crippen LogP contribution in [0.5, 0.6) is 0 Å². The number of nitrogen functional groups attached to an aromatic ring is 1. The van der Waals surface area contributed by atoms with Crippen molar-refractivity contribution in [1.82, 2.24) is 9.97 Å². The summed E-state index contributed by atoms with van der Waals surface area (Å²) in [6.45, 7) is 8.19. The number of nitrogens with one attached hydrogen (secondary N) is 1. The molecule has 0 aliphatic rings. The average molecular weight is 285 g/mol. The number of anilines is 3. The molecule has 0 bridgehead atoms. The Hall–Kier alpha value is -2.14. The van der Waals surface area contributed by atoms with Crippen molar-refractivity contribution in [2.45, 2.75) is 33.6 Å². The zero-order valence-electron chi connectivity index (χ0n) is 13.3. The van der Waals surface area contributed by atoms with Gasteiger partial charge in [0.2, 0.25) is 0 Å². The predicted octanol–water partition coefficient (Wildman–Crippen LogP) is 3.27. The number of hydrogen-bond acceptors (Lipinski definition) is 5. The van der Waals surface area contributed by atoms with E-state index < -0.39 is 0 Å². The van der Waals surface area contributed by atoms with Gasteiger partial charge in [-0.1, -0.05) is 26.0 Å². The summed E-state index contributed by atoms with van der Waals surface area (Å²) >= 11 is 0. The highest BCUT2D eigenvalue weighted by atomic mass is 15.3. The first-order valence-corrected chi connectivity index (χ1v) is 7.09. The number of benzene rings is 1. The third-order valence-corrected chi connectivity index (χ3v) is 3.50. The molecule has 0 spiro atoms. The molecule has 21 heavy (non-hydrogen) atoms. The molecule has 0 aliphatic carbocycles. The largest absolute Gasteiger partial charge is 0.329 e. The van der Waals surface area contributed by atoms with Gasteiger partial charge in [-0.2, -0.15) is 0 Å². The third-order valence-electron chi connectivity index (χ3n) is 3.50. The van der Waals surface area contributed by atoms with Gasteiger partial charge in [-0.25, -0.2) is 15.8 Å².